The number of sulfonamides is 1. The molecule has 26 heavy (non-hydrogen) atoms. The molecule has 0 bridgehead atoms. The third-order valence-electron chi connectivity index (χ3n) is 4.25. The maximum atomic E-state index is 12.5. The van der Waals surface area contributed by atoms with E-state index in [-0.39, 0.29) is 15.7 Å². The number of nitrogens with zero attached hydrogens (tertiary/aromatic N) is 3. The Morgan fingerprint density at radius 3 is 2.38 bits per heavy atom. The van der Waals surface area contributed by atoms with Crippen LogP contribution in [0.4, 0.5) is 11.6 Å². The second kappa shape index (κ2) is 8.09. The van der Waals surface area contributed by atoms with E-state index in [1.165, 1.54) is 38.2 Å². The molecule has 0 spiro atoms. The van der Waals surface area contributed by atoms with Crippen molar-refractivity contribution in [3.05, 3.63) is 35.4 Å². The second-order valence-electron chi connectivity index (χ2n) is 6.08. The molecule has 9 heteroatoms. The van der Waals surface area contributed by atoms with E-state index < -0.39 is 10.0 Å². The molecule has 1 N–H and O–H groups in total. The van der Waals surface area contributed by atoms with Gasteiger partial charge in [-0.3, -0.25) is 4.72 Å². The second-order valence-corrected chi connectivity index (χ2v) is 8.17. The van der Waals surface area contributed by atoms with Crippen LogP contribution >= 0.6 is 11.6 Å². The fraction of sp³-hybridized carbons (Fsp3) is 0.412. The van der Waals surface area contributed by atoms with E-state index in [9.17, 15) is 8.42 Å². The largest absolute Gasteiger partial charge is 0.495 e. The molecule has 0 radical (unpaired) electrons. The minimum absolute atomic E-state index is 0.0293. The van der Waals surface area contributed by atoms with Crippen molar-refractivity contribution in [1.29, 1.82) is 0 Å². The van der Waals surface area contributed by atoms with Crippen LogP contribution in [0.25, 0.3) is 0 Å². The number of rotatable bonds is 5. The van der Waals surface area contributed by atoms with Gasteiger partial charge in [0, 0.05) is 13.1 Å². The highest BCUT2D eigenvalue weighted by Gasteiger charge is 2.18. The third-order valence-corrected chi connectivity index (χ3v) is 5.90. The van der Waals surface area contributed by atoms with Crippen molar-refractivity contribution >= 4 is 33.3 Å². The highest BCUT2D eigenvalue weighted by molar-refractivity contribution is 7.92. The van der Waals surface area contributed by atoms with E-state index in [2.05, 4.69) is 19.8 Å². The Morgan fingerprint density at radius 2 is 1.81 bits per heavy atom. The number of ether oxygens (including phenoxy) is 1. The molecular formula is C17H21ClN4O3S. The summed E-state index contributed by atoms with van der Waals surface area (Å²) in [6.07, 6.45) is 4.72. The highest BCUT2D eigenvalue weighted by Crippen LogP contribution is 2.27. The van der Waals surface area contributed by atoms with Crippen LogP contribution in [-0.2, 0) is 10.0 Å². The summed E-state index contributed by atoms with van der Waals surface area (Å²) in [5.41, 5.74) is 0. The molecule has 0 unspecified atom stereocenters. The van der Waals surface area contributed by atoms with Crippen LogP contribution in [0, 0.1) is 0 Å². The van der Waals surface area contributed by atoms with Gasteiger partial charge in [-0.2, -0.15) is 0 Å². The Balaban J connectivity index is 1.74. The third kappa shape index (κ3) is 4.37. The molecule has 1 saturated heterocycles. The minimum atomic E-state index is -3.81. The normalized spacial score (nSPS) is 15.4. The van der Waals surface area contributed by atoms with Crippen LogP contribution in [0.2, 0.25) is 5.02 Å². The van der Waals surface area contributed by atoms with E-state index in [1.54, 1.807) is 12.1 Å². The van der Waals surface area contributed by atoms with Gasteiger partial charge in [0.15, 0.2) is 11.6 Å². The number of methoxy groups -OCH3 is 1. The summed E-state index contributed by atoms with van der Waals surface area (Å²) in [5, 5.41) is 8.40. The highest BCUT2D eigenvalue weighted by atomic mass is 35.5. The van der Waals surface area contributed by atoms with Crippen molar-refractivity contribution < 1.29 is 13.2 Å². The van der Waals surface area contributed by atoms with Crippen molar-refractivity contribution in [2.24, 2.45) is 0 Å². The SMILES string of the molecule is COc1ccc(S(=O)(=O)Nc2ccc(N3CCCCCC3)nn2)cc1Cl. The lowest BCUT2D eigenvalue weighted by Crippen LogP contribution is -2.25. The van der Waals surface area contributed by atoms with Gasteiger partial charge < -0.3 is 9.64 Å². The molecule has 1 aliphatic heterocycles. The number of hydrogen-bond acceptors (Lipinski definition) is 6. The van der Waals surface area contributed by atoms with Crippen molar-refractivity contribution in [1.82, 2.24) is 10.2 Å². The molecule has 0 atom stereocenters. The summed E-state index contributed by atoms with van der Waals surface area (Å²) in [4.78, 5) is 2.21. The Labute approximate surface area is 158 Å². The minimum Gasteiger partial charge on any atom is -0.495 e. The molecule has 1 fully saturated rings. The van der Waals surface area contributed by atoms with Crippen molar-refractivity contribution in [3.63, 3.8) is 0 Å². The molecule has 7 nitrogen and oxygen atoms in total. The topological polar surface area (TPSA) is 84.4 Å². The summed E-state index contributed by atoms with van der Waals surface area (Å²) in [6, 6.07) is 7.67. The molecule has 140 valence electrons. The number of benzene rings is 1. The molecule has 1 aromatic carbocycles. The fourth-order valence-electron chi connectivity index (χ4n) is 2.86. The predicted octanol–water partition coefficient (Wildman–Crippen LogP) is 3.32. The molecular weight excluding hydrogens is 376 g/mol. The molecule has 0 aliphatic carbocycles. The van der Waals surface area contributed by atoms with Crippen molar-refractivity contribution in [3.8, 4) is 5.75 Å². The summed E-state index contributed by atoms with van der Waals surface area (Å²) >= 11 is 6.01. The average molecular weight is 397 g/mol. The number of hydrogen-bond donors (Lipinski definition) is 1. The van der Waals surface area contributed by atoms with E-state index in [0.717, 1.165) is 31.7 Å². The lowest BCUT2D eigenvalue weighted by Gasteiger charge is -2.20. The Bertz CT molecular complexity index is 851. The maximum Gasteiger partial charge on any atom is 0.263 e. The van der Waals surface area contributed by atoms with Gasteiger partial charge in [0.2, 0.25) is 0 Å². The van der Waals surface area contributed by atoms with Crippen LogP contribution in [-0.4, -0.2) is 38.8 Å². The lowest BCUT2D eigenvalue weighted by atomic mass is 10.2. The zero-order valence-electron chi connectivity index (χ0n) is 14.5. The van der Waals surface area contributed by atoms with E-state index in [4.69, 9.17) is 16.3 Å². The van der Waals surface area contributed by atoms with Crippen LogP contribution in [0.1, 0.15) is 25.7 Å². The first-order valence-electron chi connectivity index (χ1n) is 8.44. The quantitative estimate of drug-likeness (QED) is 0.834. The van der Waals surface area contributed by atoms with Gasteiger partial charge in [0.25, 0.3) is 10.0 Å². The van der Waals surface area contributed by atoms with Gasteiger partial charge in [0.1, 0.15) is 5.75 Å². The van der Waals surface area contributed by atoms with Crippen LogP contribution in [0.5, 0.6) is 5.75 Å². The van der Waals surface area contributed by atoms with Crippen LogP contribution in [0.3, 0.4) is 0 Å². The Morgan fingerprint density at radius 1 is 1.08 bits per heavy atom. The van der Waals surface area contributed by atoms with Gasteiger partial charge in [-0.1, -0.05) is 24.4 Å². The monoisotopic (exact) mass is 396 g/mol. The Hall–Kier alpha value is -2.06. The number of nitrogens with one attached hydrogen (secondary N) is 1. The van der Waals surface area contributed by atoms with E-state index in [1.807, 2.05) is 0 Å². The van der Waals surface area contributed by atoms with Gasteiger partial charge in [-0.15, -0.1) is 10.2 Å². The Kier molecular flexibility index (Phi) is 5.83. The average Bonchev–Trinajstić information content (AvgIpc) is 2.91. The van der Waals surface area contributed by atoms with Gasteiger partial charge in [0.05, 0.1) is 17.0 Å². The van der Waals surface area contributed by atoms with Gasteiger partial charge in [-0.05, 0) is 43.2 Å². The first-order chi connectivity index (χ1) is 12.5. The van der Waals surface area contributed by atoms with Gasteiger partial charge in [-0.25, -0.2) is 8.42 Å². The summed E-state index contributed by atoms with van der Waals surface area (Å²) < 4.78 is 32.5. The molecule has 3 rings (SSSR count). The number of halogens is 1. The van der Waals surface area contributed by atoms with Crippen molar-refractivity contribution in [2.45, 2.75) is 30.6 Å². The first kappa shape index (κ1) is 18.7. The molecule has 0 amide bonds. The zero-order valence-corrected chi connectivity index (χ0v) is 16.1. The zero-order chi connectivity index (χ0) is 18.6. The first-order valence-corrected chi connectivity index (χ1v) is 10.3. The fourth-order valence-corrected chi connectivity index (χ4v) is 4.20. The molecule has 1 aromatic heterocycles. The number of aromatic nitrogens is 2. The lowest BCUT2D eigenvalue weighted by molar-refractivity contribution is 0.414. The molecule has 0 saturated carbocycles. The smallest absolute Gasteiger partial charge is 0.263 e. The standard InChI is InChI=1S/C17H21ClN4O3S/c1-25-15-7-6-13(12-14(15)18)26(23,24)21-16-8-9-17(20-19-16)22-10-4-2-3-5-11-22/h6-9,12H,2-5,10-11H2,1H3,(H,19,21). The maximum absolute atomic E-state index is 12.5. The van der Waals surface area contributed by atoms with Crippen LogP contribution in [0.15, 0.2) is 35.2 Å². The number of anilines is 2. The molecule has 2 aromatic rings. The predicted molar refractivity (Wildman–Crippen MR) is 102 cm³/mol. The van der Waals surface area contributed by atoms with Gasteiger partial charge >= 0.3 is 0 Å². The molecule has 2 heterocycles. The van der Waals surface area contributed by atoms with Crippen molar-refractivity contribution in [2.75, 3.05) is 29.8 Å². The summed E-state index contributed by atoms with van der Waals surface area (Å²) in [7, 11) is -2.34. The van der Waals surface area contributed by atoms with E-state index in [0.29, 0.717) is 5.75 Å². The summed E-state index contributed by atoms with van der Waals surface area (Å²) in [5.74, 6) is 1.34. The summed E-state index contributed by atoms with van der Waals surface area (Å²) in [6.45, 7) is 1.90. The molecule has 1 aliphatic rings. The van der Waals surface area contributed by atoms with E-state index >= 15 is 0 Å². The van der Waals surface area contributed by atoms with Crippen LogP contribution < -0.4 is 14.4 Å².